The van der Waals surface area contributed by atoms with Crippen LogP contribution in [0.5, 0.6) is 0 Å². The second-order valence-electron chi connectivity index (χ2n) is 4.32. The van der Waals surface area contributed by atoms with E-state index < -0.39 is 23.4 Å². The van der Waals surface area contributed by atoms with Crippen LogP contribution in [0.1, 0.15) is 20.7 Å². The molecule has 0 radical (unpaired) electrons. The van der Waals surface area contributed by atoms with E-state index in [1.54, 1.807) is 12.1 Å². The van der Waals surface area contributed by atoms with E-state index >= 15 is 0 Å². The van der Waals surface area contributed by atoms with Gasteiger partial charge < -0.3 is 5.73 Å². The number of hydrogen-bond acceptors (Lipinski definition) is 3. The Morgan fingerprint density at radius 2 is 1.40 bits per heavy atom. The molecule has 20 heavy (non-hydrogen) atoms. The molecule has 2 N–H and O–H groups in total. The van der Waals surface area contributed by atoms with Gasteiger partial charge in [-0.25, -0.2) is 13.7 Å². The van der Waals surface area contributed by atoms with E-state index in [-0.39, 0.29) is 22.5 Å². The maximum Gasteiger partial charge on any atom is 0.266 e. The Bertz CT molecular complexity index is 718. The van der Waals surface area contributed by atoms with Crippen molar-refractivity contribution < 1.29 is 18.4 Å². The first kappa shape index (κ1) is 12.3. The number of nitrogen functional groups attached to an aromatic ring is 1. The van der Waals surface area contributed by atoms with Crippen molar-refractivity contribution >= 4 is 23.2 Å². The minimum atomic E-state index is -1.17. The van der Waals surface area contributed by atoms with Crippen LogP contribution in [-0.4, -0.2) is 11.8 Å². The van der Waals surface area contributed by atoms with Crippen molar-refractivity contribution in [2.75, 3.05) is 10.6 Å². The van der Waals surface area contributed by atoms with Gasteiger partial charge in [0.25, 0.3) is 11.8 Å². The monoisotopic (exact) mass is 274 g/mol. The molecule has 6 heteroatoms. The molecule has 2 amide bonds. The lowest BCUT2D eigenvalue weighted by Crippen LogP contribution is -2.30. The molecule has 0 aliphatic carbocycles. The molecule has 0 fully saturated rings. The van der Waals surface area contributed by atoms with Crippen LogP contribution in [0.15, 0.2) is 36.4 Å². The minimum Gasteiger partial charge on any atom is -0.397 e. The van der Waals surface area contributed by atoms with Gasteiger partial charge in [0.15, 0.2) is 11.6 Å². The third kappa shape index (κ3) is 1.58. The molecule has 4 nitrogen and oxygen atoms in total. The summed E-state index contributed by atoms with van der Waals surface area (Å²) in [6.07, 6.45) is 0. The Balaban J connectivity index is 2.17. The summed E-state index contributed by atoms with van der Waals surface area (Å²) in [6.45, 7) is 0. The van der Waals surface area contributed by atoms with Crippen molar-refractivity contribution in [1.29, 1.82) is 0 Å². The van der Waals surface area contributed by atoms with Crippen LogP contribution < -0.4 is 10.6 Å². The number of rotatable bonds is 1. The van der Waals surface area contributed by atoms with Gasteiger partial charge >= 0.3 is 0 Å². The first-order valence-corrected chi connectivity index (χ1v) is 5.73. The minimum absolute atomic E-state index is 0.169. The molecule has 0 spiro atoms. The summed E-state index contributed by atoms with van der Waals surface area (Å²) in [6, 6.07) is 7.73. The zero-order valence-corrected chi connectivity index (χ0v) is 10.1. The molecule has 100 valence electrons. The van der Waals surface area contributed by atoms with Crippen LogP contribution in [0.2, 0.25) is 0 Å². The Morgan fingerprint density at radius 3 is 1.90 bits per heavy atom. The zero-order chi connectivity index (χ0) is 14.4. The van der Waals surface area contributed by atoms with Crippen LogP contribution in [-0.2, 0) is 0 Å². The molecule has 0 unspecified atom stereocenters. The van der Waals surface area contributed by atoms with Crippen LogP contribution in [0.25, 0.3) is 0 Å². The van der Waals surface area contributed by atoms with Crippen molar-refractivity contribution in [1.82, 2.24) is 0 Å². The number of imide groups is 1. The summed E-state index contributed by atoms with van der Waals surface area (Å²) >= 11 is 0. The predicted molar refractivity (Wildman–Crippen MR) is 68.4 cm³/mol. The molecule has 1 aliphatic rings. The number of benzene rings is 2. The Hall–Kier alpha value is -2.76. The van der Waals surface area contributed by atoms with Gasteiger partial charge in [-0.1, -0.05) is 12.1 Å². The van der Waals surface area contributed by atoms with Crippen molar-refractivity contribution in [3.63, 3.8) is 0 Å². The van der Waals surface area contributed by atoms with Crippen LogP contribution in [0, 0.1) is 11.6 Å². The molecule has 1 aliphatic heterocycles. The van der Waals surface area contributed by atoms with E-state index in [1.165, 1.54) is 12.1 Å². The van der Waals surface area contributed by atoms with E-state index in [0.29, 0.717) is 0 Å². The number of nitrogens with zero attached hydrogens (tertiary/aromatic N) is 1. The van der Waals surface area contributed by atoms with E-state index in [2.05, 4.69) is 0 Å². The van der Waals surface area contributed by atoms with Crippen LogP contribution in [0.3, 0.4) is 0 Å². The molecule has 0 saturated heterocycles. The van der Waals surface area contributed by atoms with Crippen LogP contribution >= 0.6 is 0 Å². The summed E-state index contributed by atoms with van der Waals surface area (Å²) in [5.41, 5.74) is 5.81. The number of carbonyl (C=O) groups excluding carboxylic acids is 2. The van der Waals surface area contributed by atoms with Gasteiger partial charge in [-0.2, -0.15) is 0 Å². The number of amides is 2. The van der Waals surface area contributed by atoms with Crippen LogP contribution in [0.4, 0.5) is 20.2 Å². The molecule has 2 aromatic rings. The largest absolute Gasteiger partial charge is 0.397 e. The topological polar surface area (TPSA) is 63.4 Å². The van der Waals surface area contributed by atoms with Gasteiger partial charge in [-0.15, -0.1) is 0 Å². The number of fused-ring (bicyclic) bond motifs is 1. The maximum atomic E-state index is 13.2. The fourth-order valence-electron chi connectivity index (χ4n) is 2.14. The highest BCUT2D eigenvalue weighted by Gasteiger charge is 2.38. The lowest BCUT2D eigenvalue weighted by Gasteiger charge is -2.15. The third-order valence-electron chi connectivity index (χ3n) is 3.11. The summed E-state index contributed by atoms with van der Waals surface area (Å²) in [4.78, 5) is 25.2. The maximum absolute atomic E-state index is 13.2. The Labute approximate surface area is 112 Å². The summed E-state index contributed by atoms with van der Waals surface area (Å²) in [5.74, 6) is -3.79. The molecule has 3 rings (SSSR count). The van der Waals surface area contributed by atoms with E-state index in [9.17, 15) is 18.4 Å². The van der Waals surface area contributed by atoms with E-state index in [0.717, 1.165) is 17.0 Å². The molecule has 0 saturated carbocycles. The fraction of sp³-hybridized carbons (Fsp3) is 0. The number of para-hydroxylation sites is 2. The summed E-state index contributed by atoms with van der Waals surface area (Å²) < 4.78 is 26.4. The second-order valence-corrected chi connectivity index (χ2v) is 4.32. The first-order chi connectivity index (χ1) is 9.50. The highest BCUT2D eigenvalue weighted by Crippen LogP contribution is 2.32. The fourth-order valence-corrected chi connectivity index (χ4v) is 2.14. The lowest BCUT2D eigenvalue weighted by atomic mass is 10.1. The molecule has 0 bridgehead atoms. The number of anilines is 2. The zero-order valence-electron chi connectivity index (χ0n) is 10.1. The first-order valence-electron chi connectivity index (χ1n) is 5.73. The standard InChI is InChI=1S/C14H8F2N2O2/c15-9-5-7-8(6-10(9)16)14(20)18(13(7)19)12-4-2-1-3-11(12)17/h1-6H,17H2. The smallest absolute Gasteiger partial charge is 0.266 e. The molecule has 0 atom stereocenters. The summed E-state index contributed by atoms with van der Waals surface area (Å²) in [5, 5.41) is 0. The third-order valence-corrected chi connectivity index (χ3v) is 3.11. The molecule has 1 heterocycles. The van der Waals surface area contributed by atoms with Crippen molar-refractivity contribution in [2.24, 2.45) is 0 Å². The van der Waals surface area contributed by atoms with Gasteiger partial charge in [0, 0.05) is 0 Å². The summed E-state index contributed by atoms with van der Waals surface area (Å²) in [7, 11) is 0. The van der Waals surface area contributed by atoms with Crippen molar-refractivity contribution in [3.8, 4) is 0 Å². The number of halogens is 2. The molecular formula is C14H8F2N2O2. The lowest BCUT2D eigenvalue weighted by molar-refractivity contribution is 0.0926. The van der Waals surface area contributed by atoms with Gasteiger partial charge in [-0.05, 0) is 24.3 Å². The Morgan fingerprint density at radius 1 is 0.900 bits per heavy atom. The highest BCUT2D eigenvalue weighted by atomic mass is 19.2. The number of hydrogen-bond donors (Lipinski definition) is 1. The SMILES string of the molecule is Nc1ccccc1N1C(=O)c2cc(F)c(F)cc2C1=O. The van der Waals surface area contributed by atoms with E-state index in [4.69, 9.17) is 5.73 Å². The van der Waals surface area contributed by atoms with Crippen molar-refractivity contribution in [2.45, 2.75) is 0 Å². The second kappa shape index (κ2) is 4.12. The van der Waals surface area contributed by atoms with E-state index in [1.807, 2.05) is 0 Å². The molecule has 0 aromatic heterocycles. The van der Waals surface area contributed by atoms with Gasteiger partial charge in [0.1, 0.15) is 0 Å². The number of carbonyl (C=O) groups is 2. The van der Waals surface area contributed by atoms with Gasteiger partial charge in [0.05, 0.1) is 22.5 Å². The quantitative estimate of drug-likeness (QED) is 0.641. The predicted octanol–water partition coefficient (Wildman–Crippen LogP) is 2.35. The van der Waals surface area contributed by atoms with Gasteiger partial charge in [-0.3, -0.25) is 9.59 Å². The number of nitrogens with two attached hydrogens (primary N) is 1. The Kier molecular flexibility index (Phi) is 2.53. The highest BCUT2D eigenvalue weighted by molar-refractivity contribution is 6.35. The van der Waals surface area contributed by atoms with Crippen molar-refractivity contribution in [3.05, 3.63) is 59.2 Å². The normalized spacial score (nSPS) is 13.8. The van der Waals surface area contributed by atoms with Gasteiger partial charge in [0.2, 0.25) is 0 Å². The average molecular weight is 274 g/mol. The molecule has 2 aromatic carbocycles. The average Bonchev–Trinajstić information content (AvgIpc) is 2.64. The molecular weight excluding hydrogens is 266 g/mol.